The van der Waals surface area contributed by atoms with Crippen LogP contribution >= 0.6 is 0 Å². The Hall–Kier alpha value is 1.07. The van der Waals surface area contributed by atoms with Crippen molar-refractivity contribution in [2.45, 2.75) is 69.2 Å². The van der Waals surface area contributed by atoms with Crippen LogP contribution in [0, 0.1) is 53.6 Å². The number of halogens is 1. The molecule has 0 unspecified atom stereocenters. The van der Waals surface area contributed by atoms with E-state index in [1.165, 1.54) is 56.4 Å². The van der Waals surface area contributed by atoms with E-state index in [1.807, 2.05) is 0 Å². The van der Waals surface area contributed by atoms with Crippen LogP contribution in [0.5, 0.6) is 0 Å². The third-order valence-corrected chi connectivity index (χ3v) is 5.62. The average Bonchev–Trinajstić information content (AvgIpc) is 2.71. The summed E-state index contributed by atoms with van der Waals surface area (Å²) >= 11 is 0. The number of hydrogen-bond donors (Lipinski definition) is 0. The van der Waals surface area contributed by atoms with Crippen LogP contribution in [0.1, 0.15) is 69.2 Å². The van der Waals surface area contributed by atoms with Crippen molar-refractivity contribution in [3.8, 4) is 0 Å². The van der Waals surface area contributed by atoms with E-state index in [-0.39, 0.29) is 65.7 Å². The molecule has 0 bridgehead atoms. The van der Waals surface area contributed by atoms with Crippen molar-refractivity contribution in [3.05, 3.63) is 56.4 Å². The van der Waals surface area contributed by atoms with Crippen molar-refractivity contribution >= 4 is 0 Å². The smallest absolute Gasteiger partial charge is 0.0226 e. The standard InChI is InChI=1S/2C10H15.Ce.HI/c2*1-6-7(2)9(4)10(5)8(6)3;;/h2*1-5H3;;1H/p-1. The predicted molar refractivity (Wildman–Crippen MR) is 91.3 cm³/mol. The number of allylic oxidation sites excluding steroid dienone is 8. The largest absolute Gasteiger partial charge is 1.00 e. The second-order valence-corrected chi connectivity index (χ2v) is 6.25. The normalized spacial score (nSPS) is 19.4. The van der Waals surface area contributed by atoms with E-state index in [2.05, 4.69) is 69.2 Å². The summed E-state index contributed by atoms with van der Waals surface area (Å²) in [7, 11) is 0. The molecule has 2 rings (SSSR count). The molecule has 0 aliphatic heterocycles. The Labute approximate surface area is 189 Å². The molecule has 2 aliphatic carbocycles. The summed E-state index contributed by atoms with van der Waals surface area (Å²) < 4.78 is 0. The van der Waals surface area contributed by atoms with Gasteiger partial charge in [0, 0.05) is 53.6 Å². The molecule has 2 heteroatoms. The minimum atomic E-state index is 0. The van der Waals surface area contributed by atoms with Crippen molar-refractivity contribution in [1.29, 1.82) is 0 Å². The second-order valence-electron chi connectivity index (χ2n) is 6.25. The summed E-state index contributed by atoms with van der Waals surface area (Å²) in [6.45, 7) is 22.0. The van der Waals surface area contributed by atoms with Gasteiger partial charge in [-0.15, -0.1) is 0 Å². The summed E-state index contributed by atoms with van der Waals surface area (Å²) in [5.74, 6) is 2.94. The Morgan fingerprint density at radius 2 is 0.455 bits per heavy atom. The van der Waals surface area contributed by atoms with Gasteiger partial charge in [-0.25, -0.2) is 0 Å². The molecule has 0 N–H and O–H groups in total. The number of hydrogen-bond acceptors (Lipinski definition) is 0. The molecule has 122 valence electrons. The monoisotopic (exact) mass is 537 g/mol. The molecular formula is C20H30CeI-. The van der Waals surface area contributed by atoms with Gasteiger partial charge in [0.25, 0.3) is 0 Å². The first kappa shape index (κ1) is 25.3. The van der Waals surface area contributed by atoms with Gasteiger partial charge in [0.05, 0.1) is 0 Å². The van der Waals surface area contributed by atoms with Gasteiger partial charge in [-0.2, -0.15) is 0 Å². The summed E-state index contributed by atoms with van der Waals surface area (Å²) in [5.41, 5.74) is 11.7. The molecule has 0 saturated heterocycles. The van der Waals surface area contributed by atoms with Crippen LogP contribution in [-0.2, 0) is 0 Å². The molecule has 0 heterocycles. The summed E-state index contributed by atoms with van der Waals surface area (Å²) in [6.07, 6.45) is 0. The molecule has 0 saturated carbocycles. The molecule has 0 fully saturated rings. The van der Waals surface area contributed by atoms with E-state index in [1.54, 1.807) is 0 Å². The van der Waals surface area contributed by atoms with E-state index in [4.69, 9.17) is 0 Å². The van der Waals surface area contributed by atoms with Crippen LogP contribution in [0.4, 0.5) is 0 Å². The van der Waals surface area contributed by atoms with E-state index in [0.717, 1.165) is 0 Å². The zero-order valence-corrected chi connectivity index (χ0v) is 21.2. The van der Waals surface area contributed by atoms with E-state index < -0.39 is 0 Å². The van der Waals surface area contributed by atoms with Crippen LogP contribution in [-0.4, -0.2) is 0 Å². The molecule has 0 spiro atoms. The molecule has 0 amide bonds. The maximum absolute atomic E-state index is 2.20. The number of rotatable bonds is 0. The van der Waals surface area contributed by atoms with Gasteiger partial charge in [0.2, 0.25) is 0 Å². The fraction of sp³-hybridized carbons (Fsp3) is 0.500. The topological polar surface area (TPSA) is 0 Å². The van der Waals surface area contributed by atoms with Crippen molar-refractivity contribution < 1.29 is 65.7 Å². The van der Waals surface area contributed by atoms with Crippen molar-refractivity contribution in [1.82, 2.24) is 0 Å². The van der Waals surface area contributed by atoms with Gasteiger partial charge in [-0.05, 0) is 77.7 Å². The van der Waals surface area contributed by atoms with Crippen molar-refractivity contribution in [3.63, 3.8) is 0 Å². The molecule has 0 aromatic heterocycles. The molecule has 0 nitrogen and oxygen atoms in total. The fourth-order valence-corrected chi connectivity index (χ4v) is 2.81. The molecule has 22 heavy (non-hydrogen) atoms. The molecule has 0 aromatic rings. The summed E-state index contributed by atoms with van der Waals surface area (Å²) in [4.78, 5) is 0. The summed E-state index contributed by atoms with van der Waals surface area (Å²) in [5, 5.41) is 0. The SMILES string of the molecule is C[C]1C(C)=C(C)C(C)=C1C.C[C]1C(C)=C(C)C(C)=C1C.[Ce].[I-]. The van der Waals surface area contributed by atoms with Crippen molar-refractivity contribution in [2.75, 3.05) is 0 Å². The van der Waals surface area contributed by atoms with Crippen LogP contribution in [0.25, 0.3) is 0 Å². The van der Waals surface area contributed by atoms with Gasteiger partial charge in [0.15, 0.2) is 0 Å². The van der Waals surface area contributed by atoms with Crippen LogP contribution < -0.4 is 24.0 Å². The van der Waals surface area contributed by atoms with Crippen LogP contribution in [0.15, 0.2) is 44.6 Å². The zero-order chi connectivity index (χ0) is 15.8. The second kappa shape index (κ2) is 10.1. The Balaban J connectivity index is 0. The Morgan fingerprint density at radius 3 is 0.500 bits per heavy atom. The Bertz CT molecular complexity index is 446. The fourth-order valence-electron chi connectivity index (χ4n) is 2.81. The third kappa shape index (κ3) is 5.03. The quantitative estimate of drug-likeness (QED) is 0.415. The first-order chi connectivity index (χ1) is 9.11. The van der Waals surface area contributed by atoms with Gasteiger partial charge in [-0.3, -0.25) is 0 Å². The van der Waals surface area contributed by atoms with Crippen molar-refractivity contribution in [2.24, 2.45) is 0 Å². The van der Waals surface area contributed by atoms with Crippen LogP contribution in [0.3, 0.4) is 0 Å². The minimum absolute atomic E-state index is 0. The first-order valence-corrected chi connectivity index (χ1v) is 7.50. The minimum Gasteiger partial charge on any atom is -1.00 e. The van der Waals surface area contributed by atoms with Gasteiger partial charge in [-0.1, -0.05) is 36.1 Å². The molecule has 2 radical (unpaired) electrons. The Kier molecular flexibility index (Phi) is 11.7. The van der Waals surface area contributed by atoms with Gasteiger partial charge >= 0.3 is 0 Å². The van der Waals surface area contributed by atoms with E-state index in [0.29, 0.717) is 0 Å². The maximum Gasteiger partial charge on any atom is 0.0226 e. The molecular weight excluding hydrogens is 507 g/mol. The zero-order valence-electron chi connectivity index (χ0n) is 15.9. The van der Waals surface area contributed by atoms with Gasteiger partial charge < -0.3 is 24.0 Å². The van der Waals surface area contributed by atoms with E-state index >= 15 is 0 Å². The van der Waals surface area contributed by atoms with Crippen LogP contribution in [0.2, 0.25) is 0 Å². The maximum atomic E-state index is 2.20. The molecule has 0 atom stereocenters. The average molecular weight is 537 g/mol. The van der Waals surface area contributed by atoms with Gasteiger partial charge in [0.1, 0.15) is 0 Å². The Morgan fingerprint density at radius 1 is 0.318 bits per heavy atom. The predicted octanol–water partition coefficient (Wildman–Crippen LogP) is 3.54. The summed E-state index contributed by atoms with van der Waals surface area (Å²) in [6, 6.07) is 0. The third-order valence-electron chi connectivity index (χ3n) is 5.62. The molecule has 0 aromatic carbocycles. The molecule has 2 aliphatic rings. The van der Waals surface area contributed by atoms with E-state index in [9.17, 15) is 0 Å². The first-order valence-electron chi connectivity index (χ1n) is 7.50.